The van der Waals surface area contributed by atoms with Crippen LogP contribution in [0.5, 0.6) is 0 Å². The van der Waals surface area contributed by atoms with Crippen molar-refractivity contribution in [1.82, 2.24) is 10.2 Å². The predicted molar refractivity (Wildman–Crippen MR) is 85.2 cm³/mol. The average molecular weight is 300 g/mol. The van der Waals surface area contributed by atoms with Gasteiger partial charge in [0.15, 0.2) is 0 Å². The fourth-order valence-electron chi connectivity index (χ4n) is 2.45. The van der Waals surface area contributed by atoms with E-state index < -0.39 is 0 Å². The fourth-order valence-corrected chi connectivity index (χ4v) is 3.36. The van der Waals surface area contributed by atoms with Gasteiger partial charge in [-0.15, -0.1) is 11.8 Å². The van der Waals surface area contributed by atoms with Crippen LogP contribution in [0.3, 0.4) is 0 Å². The van der Waals surface area contributed by atoms with Crippen molar-refractivity contribution in [3.63, 3.8) is 0 Å². The first-order chi connectivity index (χ1) is 10.3. The van der Waals surface area contributed by atoms with E-state index in [9.17, 15) is 9.59 Å². The van der Waals surface area contributed by atoms with Gasteiger partial charge < -0.3 is 5.32 Å². The summed E-state index contributed by atoms with van der Waals surface area (Å²) < 4.78 is 0. The third-order valence-corrected chi connectivity index (χ3v) is 4.49. The van der Waals surface area contributed by atoms with Crippen molar-refractivity contribution in [2.45, 2.75) is 5.75 Å². The number of amides is 3. The molecule has 3 amide bonds. The Bertz CT molecular complexity index is 682. The van der Waals surface area contributed by atoms with Crippen molar-refractivity contribution in [3.05, 3.63) is 48.0 Å². The molecule has 1 saturated heterocycles. The van der Waals surface area contributed by atoms with Crippen LogP contribution >= 0.6 is 11.8 Å². The molecule has 0 bridgehead atoms. The molecule has 1 aliphatic rings. The van der Waals surface area contributed by atoms with Crippen LogP contribution in [0.4, 0.5) is 4.79 Å². The van der Waals surface area contributed by atoms with Gasteiger partial charge in [-0.25, -0.2) is 4.79 Å². The Hall–Kier alpha value is -2.01. The van der Waals surface area contributed by atoms with E-state index in [1.165, 1.54) is 21.2 Å². The van der Waals surface area contributed by atoms with E-state index in [4.69, 9.17) is 0 Å². The summed E-state index contributed by atoms with van der Waals surface area (Å²) in [7, 11) is 0. The highest BCUT2D eigenvalue weighted by molar-refractivity contribution is 7.99. The maximum atomic E-state index is 12.0. The first-order valence-corrected chi connectivity index (χ1v) is 8.04. The third-order valence-electron chi connectivity index (χ3n) is 3.52. The van der Waals surface area contributed by atoms with Crippen LogP contribution in [0.1, 0.15) is 5.56 Å². The first kappa shape index (κ1) is 13.9. The lowest BCUT2D eigenvalue weighted by molar-refractivity contribution is -0.124. The van der Waals surface area contributed by atoms with E-state index in [1.807, 2.05) is 18.2 Å². The van der Waals surface area contributed by atoms with E-state index in [0.717, 1.165) is 5.75 Å². The van der Waals surface area contributed by atoms with Gasteiger partial charge in [0.2, 0.25) is 5.91 Å². The number of imide groups is 1. The largest absolute Gasteiger partial charge is 0.336 e. The molecule has 1 fully saturated rings. The van der Waals surface area contributed by atoms with Crippen molar-refractivity contribution >= 4 is 34.5 Å². The lowest BCUT2D eigenvalue weighted by atomic mass is 10.1. The minimum atomic E-state index is -0.272. The normalized spacial score (nSPS) is 14.5. The Kier molecular flexibility index (Phi) is 4.10. The second-order valence-corrected chi connectivity index (χ2v) is 5.89. The van der Waals surface area contributed by atoms with Gasteiger partial charge in [-0.2, -0.15) is 0 Å². The molecule has 1 aliphatic heterocycles. The standard InChI is InChI=1S/C16H16N2O2S/c19-15(18-9-8-17-16(18)20)11-21-10-13-6-3-5-12-4-1-2-7-14(12)13/h1-7H,8-11H2,(H,17,20). The molecule has 2 aromatic carbocycles. The Labute approximate surface area is 127 Å². The Morgan fingerprint density at radius 1 is 1.19 bits per heavy atom. The van der Waals surface area contributed by atoms with E-state index in [2.05, 4.69) is 29.6 Å². The van der Waals surface area contributed by atoms with E-state index >= 15 is 0 Å². The Balaban J connectivity index is 1.62. The number of nitrogens with one attached hydrogen (secondary N) is 1. The number of hydrogen-bond acceptors (Lipinski definition) is 3. The van der Waals surface area contributed by atoms with Crippen LogP contribution in [0.2, 0.25) is 0 Å². The minimum Gasteiger partial charge on any atom is -0.336 e. The van der Waals surface area contributed by atoms with Crippen LogP contribution in [0, 0.1) is 0 Å². The van der Waals surface area contributed by atoms with Crippen molar-refractivity contribution in [3.8, 4) is 0 Å². The van der Waals surface area contributed by atoms with Gasteiger partial charge in [0.1, 0.15) is 0 Å². The van der Waals surface area contributed by atoms with Crippen molar-refractivity contribution in [1.29, 1.82) is 0 Å². The number of nitrogens with zero attached hydrogens (tertiary/aromatic N) is 1. The second kappa shape index (κ2) is 6.18. The van der Waals surface area contributed by atoms with Gasteiger partial charge in [-0.1, -0.05) is 42.5 Å². The van der Waals surface area contributed by atoms with Crippen molar-refractivity contribution in [2.75, 3.05) is 18.8 Å². The summed E-state index contributed by atoms with van der Waals surface area (Å²) in [6.45, 7) is 1.03. The summed E-state index contributed by atoms with van der Waals surface area (Å²) in [6.07, 6.45) is 0. The summed E-state index contributed by atoms with van der Waals surface area (Å²) >= 11 is 1.55. The smallest absolute Gasteiger partial charge is 0.324 e. The Morgan fingerprint density at radius 3 is 2.81 bits per heavy atom. The topological polar surface area (TPSA) is 49.4 Å². The van der Waals surface area contributed by atoms with Gasteiger partial charge in [-0.3, -0.25) is 9.69 Å². The fraction of sp³-hybridized carbons (Fsp3) is 0.250. The van der Waals surface area contributed by atoms with E-state index in [1.54, 1.807) is 11.8 Å². The SMILES string of the molecule is O=C(CSCc1cccc2ccccc12)N1CCNC1=O. The molecule has 4 nitrogen and oxygen atoms in total. The minimum absolute atomic E-state index is 0.116. The van der Waals surface area contributed by atoms with E-state index in [0.29, 0.717) is 18.8 Å². The van der Waals surface area contributed by atoms with E-state index in [-0.39, 0.29) is 11.9 Å². The van der Waals surface area contributed by atoms with Crippen LogP contribution in [0.15, 0.2) is 42.5 Å². The third kappa shape index (κ3) is 3.03. The Morgan fingerprint density at radius 2 is 2.00 bits per heavy atom. The number of thioether (sulfide) groups is 1. The number of carbonyl (C=O) groups excluding carboxylic acids is 2. The molecule has 0 spiro atoms. The summed E-state index contributed by atoms with van der Waals surface area (Å²) in [5, 5.41) is 5.07. The average Bonchev–Trinajstić information content (AvgIpc) is 2.93. The summed E-state index contributed by atoms with van der Waals surface area (Å²) in [5.74, 6) is 0.981. The lowest BCUT2D eigenvalue weighted by Crippen LogP contribution is -2.35. The molecule has 0 aromatic heterocycles. The lowest BCUT2D eigenvalue weighted by Gasteiger charge is -2.12. The maximum Gasteiger partial charge on any atom is 0.324 e. The molecule has 21 heavy (non-hydrogen) atoms. The molecule has 1 heterocycles. The summed E-state index contributed by atoms with van der Waals surface area (Å²) in [5.41, 5.74) is 1.22. The van der Waals surface area contributed by atoms with Gasteiger partial charge in [0.25, 0.3) is 0 Å². The molecule has 3 rings (SSSR count). The number of urea groups is 1. The molecule has 0 saturated carbocycles. The zero-order valence-electron chi connectivity index (χ0n) is 11.5. The van der Waals surface area contributed by atoms with Crippen LogP contribution < -0.4 is 5.32 Å². The molecule has 0 atom stereocenters. The highest BCUT2D eigenvalue weighted by atomic mass is 32.2. The molecule has 5 heteroatoms. The zero-order chi connectivity index (χ0) is 14.7. The molecule has 1 N–H and O–H groups in total. The van der Waals surface area contributed by atoms with Crippen molar-refractivity contribution in [2.24, 2.45) is 0 Å². The van der Waals surface area contributed by atoms with Crippen molar-refractivity contribution < 1.29 is 9.59 Å². The number of rotatable bonds is 4. The van der Waals surface area contributed by atoms with Crippen LogP contribution in [0.25, 0.3) is 10.8 Å². The van der Waals surface area contributed by atoms with Crippen LogP contribution in [-0.4, -0.2) is 35.7 Å². The van der Waals surface area contributed by atoms with Gasteiger partial charge >= 0.3 is 6.03 Å². The van der Waals surface area contributed by atoms with Gasteiger partial charge in [0, 0.05) is 18.8 Å². The molecular weight excluding hydrogens is 284 g/mol. The molecule has 0 aliphatic carbocycles. The second-order valence-electron chi connectivity index (χ2n) is 4.91. The highest BCUT2D eigenvalue weighted by Gasteiger charge is 2.25. The highest BCUT2D eigenvalue weighted by Crippen LogP contribution is 2.22. The van der Waals surface area contributed by atoms with Gasteiger partial charge in [0.05, 0.1) is 5.75 Å². The number of fused-ring (bicyclic) bond motifs is 1. The number of benzene rings is 2. The molecule has 108 valence electrons. The molecular formula is C16H16N2O2S. The first-order valence-electron chi connectivity index (χ1n) is 6.88. The summed E-state index contributed by atoms with van der Waals surface area (Å²) in [4.78, 5) is 24.7. The van der Waals surface area contributed by atoms with Crippen LogP contribution in [-0.2, 0) is 10.5 Å². The number of hydrogen-bond donors (Lipinski definition) is 1. The quantitative estimate of drug-likeness (QED) is 0.944. The maximum absolute atomic E-state index is 12.0. The number of carbonyl (C=O) groups is 2. The summed E-state index contributed by atoms with van der Waals surface area (Å²) in [6, 6.07) is 14.2. The molecule has 2 aromatic rings. The molecule has 0 unspecified atom stereocenters. The monoisotopic (exact) mass is 300 g/mol. The molecule has 0 radical (unpaired) electrons. The van der Waals surface area contributed by atoms with Gasteiger partial charge in [-0.05, 0) is 16.3 Å². The zero-order valence-corrected chi connectivity index (χ0v) is 12.4. The predicted octanol–water partition coefficient (Wildman–Crippen LogP) is 2.62.